The summed E-state index contributed by atoms with van der Waals surface area (Å²) in [6.07, 6.45) is 5.97. The van der Waals surface area contributed by atoms with Crippen LogP contribution >= 0.6 is 0 Å². The van der Waals surface area contributed by atoms with Crippen molar-refractivity contribution >= 4 is 11.5 Å². The molecule has 1 saturated carbocycles. The van der Waals surface area contributed by atoms with Gasteiger partial charge in [0.25, 0.3) is 0 Å². The van der Waals surface area contributed by atoms with Crippen LogP contribution in [0.5, 0.6) is 0 Å². The Morgan fingerprint density at radius 1 is 1.16 bits per heavy atom. The van der Waals surface area contributed by atoms with Crippen LogP contribution in [0.3, 0.4) is 0 Å². The molecule has 0 aromatic heterocycles. The van der Waals surface area contributed by atoms with Crippen LogP contribution in [-0.4, -0.2) is 18.9 Å². The topological polar surface area (TPSA) is 20.3 Å². The van der Waals surface area contributed by atoms with E-state index in [-0.39, 0.29) is 0 Å². The number of carbonyl (C=O) groups is 1. The Morgan fingerprint density at radius 3 is 2.37 bits per heavy atom. The van der Waals surface area contributed by atoms with E-state index in [2.05, 4.69) is 43.0 Å². The number of ketones is 1. The van der Waals surface area contributed by atoms with Gasteiger partial charge in [-0.1, -0.05) is 37.0 Å². The molecular formula is C17H25NO. The van der Waals surface area contributed by atoms with Crippen LogP contribution in [0.25, 0.3) is 0 Å². The Kier molecular flexibility index (Phi) is 5.00. The highest BCUT2D eigenvalue weighted by molar-refractivity contribution is 5.85. The van der Waals surface area contributed by atoms with Gasteiger partial charge in [0.1, 0.15) is 0 Å². The second kappa shape index (κ2) is 6.74. The Hall–Kier alpha value is -1.31. The molecule has 0 unspecified atom stereocenters. The highest BCUT2D eigenvalue weighted by atomic mass is 16.1. The third kappa shape index (κ3) is 3.82. The molecular weight excluding hydrogens is 234 g/mol. The van der Waals surface area contributed by atoms with Gasteiger partial charge >= 0.3 is 0 Å². The molecule has 0 amide bonds. The van der Waals surface area contributed by atoms with E-state index >= 15 is 0 Å². The van der Waals surface area contributed by atoms with Gasteiger partial charge in [0, 0.05) is 18.2 Å². The maximum Gasteiger partial charge on any atom is 0.155 e. The Labute approximate surface area is 116 Å². The van der Waals surface area contributed by atoms with Crippen molar-refractivity contribution in [1.29, 1.82) is 0 Å². The molecule has 0 radical (unpaired) electrons. The summed E-state index contributed by atoms with van der Waals surface area (Å²) < 4.78 is 0. The van der Waals surface area contributed by atoms with E-state index < -0.39 is 0 Å². The molecule has 0 atom stereocenters. The third-order valence-electron chi connectivity index (χ3n) is 4.19. The van der Waals surface area contributed by atoms with E-state index in [9.17, 15) is 4.79 Å². The van der Waals surface area contributed by atoms with E-state index in [0.717, 1.165) is 25.1 Å². The van der Waals surface area contributed by atoms with Gasteiger partial charge in [-0.2, -0.15) is 0 Å². The van der Waals surface area contributed by atoms with Crippen LogP contribution < -0.4 is 4.90 Å². The van der Waals surface area contributed by atoms with Crippen molar-refractivity contribution in [3.05, 3.63) is 29.8 Å². The Balaban J connectivity index is 1.98. The van der Waals surface area contributed by atoms with E-state index in [0.29, 0.717) is 18.2 Å². The fourth-order valence-corrected chi connectivity index (χ4v) is 2.88. The van der Waals surface area contributed by atoms with E-state index in [4.69, 9.17) is 0 Å². The van der Waals surface area contributed by atoms with Crippen molar-refractivity contribution in [3.63, 3.8) is 0 Å². The predicted octanol–water partition coefficient (Wildman–Crippen LogP) is 3.97. The molecule has 0 spiro atoms. The molecule has 2 nitrogen and oxygen atoms in total. The first kappa shape index (κ1) is 14.1. The summed E-state index contributed by atoms with van der Waals surface area (Å²) in [4.78, 5) is 14.6. The van der Waals surface area contributed by atoms with Crippen LogP contribution in [0.2, 0.25) is 0 Å². The van der Waals surface area contributed by atoms with Crippen LogP contribution in [-0.2, 0) is 4.79 Å². The average Bonchev–Trinajstić information content (AvgIpc) is 2.46. The minimum absolute atomic E-state index is 0.313. The molecule has 1 aromatic rings. The van der Waals surface area contributed by atoms with Gasteiger partial charge < -0.3 is 4.90 Å². The lowest BCUT2D eigenvalue weighted by Crippen LogP contribution is -2.33. The minimum Gasteiger partial charge on any atom is -0.364 e. The molecule has 1 aliphatic rings. The summed E-state index contributed by atoms with van der Waals surface area (Å²) in [5, 5.41) is 0. The zero-order chi connectivity index (χ0) is 13.7. The molecule has 2 heteroatoms. The van der Waals surface area contributed by atoms with Crippen molar-refractivity contribution in [2.24, 2.45) is 5.92 Å². The summed E-state index contributed by atoms with van der Waals surface area (Å²) in [7, 11) is 0. The maximum atomic E-state index is 12.4. The van der Waals surface area contributed by atoms with E-state index in [1.807, 2.05) is 0 Å². The lowest BCUT2D eigenvalue weighted by molar-refractivity contribution is -0.122. The molecule has 1 fully saturated rings. The highest BCUT2D eigenvalue weighted by Gasteiger charge is 2.22. The lowest BCUT2D eigenvalue weighted by atomic mass is 9.86. The fraction of sp³-hybridized carbons (Fsp3) is 0.588. The number of rotatable bonds is 5. The lowest BCUT2D eigenvalue weighted by Gasteiger charge is -2.26. The average molecular weight is 259 g/mol. The van der Waals surface area contributed by atoms with Gasteiger partial charge in [-0.3, -0.25) is 4.79 Å². The second-order valence-corrected chi connectivity index (χ2v) is 5.65. The monoisotopic (exact) mass is 259 g/mol. The molecule has 1 aromatic carbocycles. The zero-order valence-electron chi connectivity index (χ0n) is 12.2. The molecule has 0 heterocycles. The number of hydrogen-bond acceptors (Lipinski definition) is 2. The first-order chi connectivity index (χ1) is 9.20. The minimum atomic E-state index is 0.313. The van der Waals surface area contributed by atoms with Crippen LogP contribution in [0.4, 0.5) is 5.69 Å². The van der Waals surface area contributed by atoms with Gasteiger partial charge in [-0.25, -0.2) is 0 Å². The van der Waals surface area contributed by atoms with Crippen molar-refractivity contribution in [3.8, 4) is 0 Å². The number of nitrogens with zero attached hydrogens (tertiary/aromatic N) is 1. The van der Waals surface area contributed by atoms with Crippen molar-refractivity contribution in [2.75, 3.05) is 18.0 Å². The van der Waals surface area contributed by atoms with Gasteiger partial charge in [0.15, 0.2) is 5.78 Å². The van der Waals surface area contributed by atoms with Crippen LogP contribution in [0, 0.1) is 12.8 Å². The van der Waals surface area contributed by atoms with Crippen molar-refractivity contribution in [1.82, 2.24) is 0 Å². The highest BCUT2D eigenvalue weighted by Crippen LogP contribution is 2.25. The molecule has 0 bridgehead atoms. The standard InChI is InChI=1S/C17H25NO/c1-3-18(16-11-9-14(2)10-12-16)13-17(19)15-7-5-4-6-8-15/h9-12,15H,3-8,13H2,1-2H3. The van der Waals surface area contributed by atoms with Crippen molar-refractivity contribution < 1.29 is 4.79 Å². The molecule has 2 rings (SSSR count). The van der Waals surface area contributed by atoms with Crippen LogP contribution in [0.1, 0.15) is 44.6 Å². The first-order valence-corrected chi connectivity index (χ1v) is 7.55. The molecule has 19 heavy (non-hydrogen) atoms. The summed E-state index contributed by atoms with van der Waals surface area (Å²) in [6, 6.07) is 8.46. The van der Waals surface area contributed by atoms with Gasteiger partial charge in [-0.15, -0.1) is 0 Å². The normalized spacial score (nSPS) is 16.3. The van der Waals surface area contributed by atoms with E-state index in [1.165, 1.54) is 24.8 Å². The second-order valence-electron chi connectivity index (χ2n) is 5.65. The SMILES string of the molecule is CCN(CC(=O)C1CCCCC1)c1ccc(C)cc1. The molecule has 1 aliphatic carbocycles. The summed E-state index contributed by atoms with van der Waals surface area (Å²) in [6.45, 7) is 5.67. The summed E-state index contributed by atoms with van der Waals surface area (Å²) in [5.41, 5.74) is 2.43. The predicted molar refractivity (Wildman–Crippen MR) is 80.6 cm³/mol. The Morgan fingerprint density at radius 2 is 1.79 bits per heavy atom. The van der Waals surface area contributed by atoms with Gasteiger partial charge in [0.05, 0.1) is 6.54 Å². The number of Topliss-reactive ketones (excluding diaryl/α,β-unsaturated/α-hetero) is 1. The number of hydrogen-bond donors (Lipinski definition) is 0. The molecule has 0 aliphatic heterocycles. The number of anilines is 1. The quantitative estimate of drug-likeness (QED) is 0.797. The number of aryl methyl sites for hydroxylation is 1. The summed E-state index contributed by atoms with van der Waals surface area (Å²) in [5.74, 6) is 0.746. The first-order valence-electron chi connectivity index (χ1n) is 7.55. The number of benzene rings is 1. The summed E-state index contributed by atoms with van der Waals surface area (Å²) >= 11 is 0. The van der Waals surface area contributed by atoms with Gasteiger partial charge in [-0.05, 0) is 38.8 Å². The fourth-order valence-electron chi connectivity index (χ4n) is 2.88. The molecule has 0 saturated heterocycles. The van der Waals surface area contributed by atoms with Crippen LogP contribution in [0.15, 0.2) is 24.3 Å². The third-order valence-corrected chi connectivity index (χ3v) is 4.19. The zero-order valence-corrected chi connectivity index (χ0v) is 12.2. The molecule has 0 N–H and O–H groups in total. The Bertz CT molecular complexity index is 404. The smallest absolute Gasteiger partial charge is 0.155 e. The molecule has 104 valence electrons. The largest absolute Gasteiger partial charge is 0.364 e. The number of likely N-dealkylation sites (N-methyl/N-ethyl adjacent to an activating group) is 1. The van der Waals surface area contributed by atoms with E-state index in [1.54, 1.807) is 0 Å². The number of carbonyl (C=O) groups excluding carboxylic acids is 1. The maximum absolute atomic E-state index is 12.4. The van der Waals surface area contributed by atoms with Gasteiger partial charge in [0.2, 0.25) is 0 Å². The van der Waals surface area contributed by atoms with Crippen molar-refractivity contribution in [2.45, 2.75) is 46.0 Å².